The van der Waals surface area contributed by atoms with Crippen LogP contribution in [0.4, 0.5) is 8.78 Å². The molecule has 10 heteroatoms. The van der Waals surface area contributed by atoms with E-state index in [0.717, 1.165) is 51.1 Å². The number of halogens is 2. The van der Waals surface area contributed by atoms with E-state index in [0.29, 0.717) is 24.6 Å². The third-order valence-electron chi connectivity index (χ3n) is 8.14. The van der Waals surface area contributed by atoms with Crippen LogP contribution < -0.4 is 10.7 Å². The molecule has 3 atom stereocenters. The van der Waals surface area contributed by atoms with Crippen molar-refractivity contribution in [2.24, 2.45) is 5.92 Å². The molecule has 1 saturated heterocycles. The van der Waals surface area contributed by atoms with Gasteiger partial charge in [-0.3, -0.25) is 19.3 Å². The van der Waals surface area contributed by atoms with Gasteiger partial charge >= 0.3 is 0 Å². The largest absolute Gasteiger partial charge is 0.503 e. The van der Waals surface area contributed by atoms with E-state index in [-0.39, 0.29) is 41.5 Å². The molecule has 2 amide bonds. The highest BCUT2D eigenvalue weighted by Gasteiger charge is 2.51. The molecule has 0 radical (unpaired) electrons. The number of carbonyl (C=O) groups excluding carboxylic acids is 2. The van der Waals surface area contributed by atoms with E-state index in [9.17, 15) is 28.3 Å². The normalized spacial score (nSPS) is 25.7. The molecule has 8 nitrogen and oxygen atoms in total. The molecule has 3 fully saturated rings. The van der Waals surface area contributed by atoms with E-state index in [4.69, 9.17) is 0 Å². The number of aromatic hydroxyl groups is 1. The van der Waals surface area contributed by atoms with Gasteiger partial charge in [-0.05, 0) is 37.7 Å². The number of nitrogens with zero attached hydrogens (tertiary/aromatic N) is 3. The summed E-state index contributed by atoms with van der Waals surface area (Å²) in [6, 6.07) is 3.52. The zero-order chi connectivity index (χ0) is 25.1. The summed E-state index contributed by atoms with van der Waals surface area (Å²) >= 11 is 0. The standard InChI is InChI=1S/C26H28F2N4O4/c27-16-6-5-14(19(28)9-16)10-29-25(35)18-12-30-13-21-31(17-7-8-17)11-15-3-1-2-4-20(15)32(21)26(36)22(30)24(34)23(18)33/h5-6,9,12,15,17,20-21,34H,1-4,7-8,10-11,13H2,(H,29,35)/t15-,20?,21-/m0/s1. The first kappa shape index (κ1) is 23.1. The molecule has 1 aromatic carbocycles. The Kier molecular flexibility index (Phi) is 5.59. The molecule has 1 aromatic heterocycles. The highest BCUT2D eigenvalue weighted by atomic mass is 19.1. The van der Waals surface area contributed by atoms with Gasteiger partial charge in [0.05, 0.1) is 6.54 Å². The lowest BCUT2D eigenvalue weighted by molar-refractivity contribution is -0.0772. The van der Waals surface area contributed by atoms with E-state index in [1.807, 2.05) is 4.90 Å². The Hall–Kier alpha value is -3.27. The number of aromatic nitrogens is 1. The second kappa shape index (κ2) is 8.69. The summed E-state index contributed by atoms with van der Waals surface area (Å²) in [7, 11) is 0. The monoisotopic (exact) mass is 498 g/mol. The summed E-state index contributed by atoms with van der Waals surface area (Å²) < 4.78 is 28.6. The van der Waals surface area contributed by atoms with Crippen molar-refractivity contribution in [3.63, 3.8) is 0 Å². The number of pyridine rings is 1. The van der Waals surface area contributed by atoms with Crippen molar-refractivity contribution in [2.75, 3.05) is 6.54 Å². The fourth-order valence-electron chi connectivity index (χ4n) is 6.23. The van der Waals surface area contributed by atoms with Crippen LogP contribution in [-0.2, 0) is 13.1 Å². The van der Waals surface area contributed by atoms with Crippen molar-refractivity contribution in [1.82, 2.24) is 19.7 Å². The second-order valence-electron chi connectivity index (χ2n) is 10.4. The van der Waals surface area contributed by atoms with Gasteiger partial charge in [0.2, 0.25) is 5.43 Å². The van der Waals surface area contributed by atoms with Gasteiger partial charge in [-0.15, -0.1) is 0 Å². The van der Waals surface area contributed by atoms with Crippen molar-refractivity contribution >= 4 is 11.8 Å². The van der Waals surface area contributed by atoms with Crippen LogP contribution in [0.25, 0.3) is 0 Å². The van der Waals surface area contributed by atoms with Crippen LogP contribution in [0.2, 0.25) is 0 Å². The third-order valence-corrected chi connectivity index (χ3v) is 8.14. The quantitative estimate of drug-likeness (QED) is 0.676. The van der Waals surface area contributed by atoms with E-state index >= 15 is 0 Å². The van der Waals surface area contributed by atoms with Gasteiger partial charge in [-0.25, -0.2) is 8.78 Å². The molecule has 36 heavy (non-hydrogen) atoms. The summed E-state index contributed by atoms with van der Waals surface area (Å²) in [5, 5.41) is 13.3. The fraction of sp³-hybridized carbons (Fsp3) is 0.500. The molecule has 2 saturated carbocycles. The Morgan fingerprint density at radius 2 is 1.86 bits per heavy atom. The van der Waals surface area contributed by atoms with Crippen molar-refractivity contribution < 1.29 is 23.5 Å². The van der Waals surface area contributed by atoms with Crippen LogP contribution in [0.15, 0.2) is 29.2 Å². The molecule has 1 unspecified atom stereocenters. The molecule has 4 aliphatic rings. The van der Waals surface area contributed by atoms with Gasteiger partial charge in [0.1, 0.15) is 23.4 Å². The Labute approximate surface area is 206 Å². The molecular formula is C26H28F2N4O4. The number of amides is 2. The van der Waals surface area contributed by atoms with Gasteiger partial charge in [0.15, 0.2) is 11.4 Å². The number of rotatable bonds is 4. The highest BCUT2D eigenvalue weighted by molar-refractivity contribution is 5.99. The highest BCUT2D eigenvalue weighted by Crippen LogP contribution is 2.43. The van der Waals surface area contributed by atoms with Crippen LogP contribution in [-0.4, -0.2) is 56.1 Å². The van der Waals surface area contributed by atoms with E-state index in [1.54, 1.807) is 0 Å². The number of hydrogen-bond acceptors (Lipinski definition) is 5. The smallest absolute Gasteiger partial charge is 0.276 e. The van der Waals surface area contributed by atoms with Crippen LogP contribution >= 0.6 is 0 Å². The lowest BCUT2D eigenvalue weighted by Gasteiger charge is -2.55. The average Bonchev–Trinajstić information content (AvgIpc) is 3.70. The van der Waals surface area contributed by atoms with Crippen LogP contribution in [0.1, 0.15) is 64.9 Å². The van der Waals surface area contributed by atoms with E-state index in [2.05, 4.69) is 10.2 Å². The maximum Gasteiger partial charge on any atom is 0.276 e. The number of benzene rings is 1. The Balaban J connectivity index is 1.32. The second-order valence-corrected chi connectivity index (χ2v) is 10.4. The van der Waals surface area contributed by atoms with Crippen LogP contribution in [0.3, 0.4) is 0 Å². The van der Waals surface area contributed by atoms with Crippen LogP contribution in [0.5, 0.6) is 5.75 Å². The zero-order valence-corrected chi connectivity index (χ0v) is 19.8. The molecule has 2 N–H and O–H groups in total. The number of hydrogen-bond donors (Lipinski definition) is 2. The zero-order valence-electron chi connectivity index (χ0n) is 19.8. The molecule has 2 aliphatic carbocycles. The predicted octanol–water partition coefficient (Wildman–Crippen LogP) is 2.58. The summed E-state index contributed by atoms with van der Waals surface area (Å²) in [5.74, 6) is -3.08. The number of nitrogens with one attached hydrogen (secondary N) is 1. The SMILES string of the molecule is O=C(NCc1ccc(F)cc1F)c1cn2c(c(O)c1=O)C(=O)N1C3CCCC[C@H]3CN(C3CC3)[C@@H]1C2. The van der Waals surface area contributed by atoms with Crippen LogP contribution in [0, 0.1) is 17.6 Å². The lowest BCUT2D eigenvalue weighted by Crippen LogP contribution is -2.68. The first-order chi connectivity index (χ1) is 17.3. The number of carbonyl (C=O) groups is 2. The first-order valence-corrected chi connectivity index (χ1v) is 12.6. The minimum absolute atomic E-state index is 0.0576. The lowest BCUT2D eigenvalue weighted by atomic mass is 9.80. The average molecular weight is 499 g/mol. The van der Waals surface area contributed by atoms with Gasteiger partial charge in [-0.1, -0.05) is 18.9 Å². The van der Waals surface area contributed by atoms with Crippen molar-refractivity contribution in [3.05, 3.63) is 63.1 Å². The molecule has 2 aliphatic heterocycles. The third kappa shape index (κ3) is 3.78. The van der Waals surface area contributed by atoms with Crippen molar-refractivity contribution in [1.29, 1.82) is 0 Å². The predicted molar refractivity (Wildman–Crippen MR) is 125 cm³/mol. The van der Waals surface area contributed by atoms with Gasteiger partial charge < -0.3 is 19.9 Å². The summed E-state index contributed by atoms with van der Waals surface area (Å²) in [6.07, 6.45) is 7.48. The van der Waals surface area contributed by atoms with Gasteiger partial charge in [0, 0.05) is 43.0 Å². The molecule has 3 heterocycles. The molecule has 0 bridgehead atoms. The molecule has 190 valence electrons. The summed E-state index contributed by atoms with van der Waals surface area (Å²) in [5.41, 5.74) is -1.30. The topological polar surface area (TPSA) is 94.9 Å². The maximum absolute atomic E-state index is 14.0. The molecular weight excluding hydrogens is 470 g/mol. The molecule has 0 spiro atoms. The van der Waals surface area contributed by atoms with Gasteiger partial charge in [0.25, 0.3) is 11.8 Å². The minimum Gasteiger partial charge on any atom is -0.503 e. The molecule has 2 aromatic rings. The molecule has 6 rings (SSSR count). The summed E-state index contributed by atoms with van der Waals surface area (Å²) in [4.78, 5) is 43.8. The Morgan fingerprint density at radius 1 is 1.08 bits per heavy atom. The fourth-order valence-corrected chi connectivity index (χ4v) is 6.23. The van der Waals surface area contributed by atoms with E-state index < -0.39 is 28.7 Å². The first-order valence-electron chi connectivity index (χ1n) is 12.6. The minimum atomic E-state index is -0.943. The van der Waals surface area contributed by atoms with Crippen molar-refractivity contribution in [3.8, 4) is 5.75 Å². The maximum atomic E-state index is 14.0. The summed E-state index contributed by atoms with van der Waals surface area (Å²) in [6.45, 7) is 1.02. The Morgan fingerprint density at radius 3 is 2.61 bits per heavy atom. The van der Waals surface area contributed by atoms with E-state index in [1.165, 1.54) is 16.8 Å². The number of fused-ring (bicyclic) bond motifs is 4. The van der Waals surface area contributed by atoms with Crippen molar-refractivity contribution in [2.45, 2.75) is 69.9 Å². The Bertz CT molecular complexity index is 1310. The van der Waals surface area contributed by atoms with Gasteiger partial charge in [-0.2, -0.15) is 0 Å².